The van der Waals surface area contributed by atoms with Gasteiger partial charge in [-0.3, -0.25) is 4.79 Å². The average molecular weight is 441 g/mol. The monoisotopic (exact) mass is 440 g/mol. The highest BCUT2D eigenvalue weighted by atomic mass is 35.5. The molecule has 8 heteroatoms. The molecule has 2 N–H and O–H groups in total. The number of rotatable bonds is 9. The number of benzene rings is 2. The molecule has 0 heterocycles. The van der Waals surface area contributed by atoms with Crippen molar-refractivity contribution in [3.05, 3.63) is 53.1 Å². The van der Waals surface area contributed by atoms with Gasteiger partial charge in [0.2, 0.25) is 15.9 Å². The smallest absolute Gasteiger partial charge is 0.240 e. The Bertz CT molecular complexity index is 931. The van der Waals surface area contributed by atoms with Gasteiger partial charge in [0.1, 0.15) is 0 Å². The zero-order chi connectivity index (χ0) is 20.7. The Balaban J connectivity index is 2.05. The third kappa shape index (κ3) is 6.24. The molecular weight excluding hydrogens is 416 g/mol. The number of amides is 1. The average Bonchev–Trinajstić information content (AvgIpc) is 2.66. The van der Waals surface area contributed by atoms with E-state index in [0.717, 1.165) is 10.5 Å². The predicted molar refractivity (Wildman–Crippen MR) is 117 cm³/mol. The van der Waals surface area contributed by atoms with Gasteiger partial charge in [0, 0.05) is 22.4 Å². The number of aryl methyl sites for hydroxylation is 1. The normalized spacial score (nSPS) is 11.6. The molecule has 152 valence electrons. The standard InChI is InChI=1S/C20H25ClN2O3S2/c1-14(2)20(24)23-18-13-16(10-11-19(18)27-3)28(25,26)22-12-6-8-15-7-4-5-9-17(15)21/h4-5,7,9-11,13-14,22H,6,8,12H2,1-3H3,(H,23,24). The maximum Gasteiger partial charge on any atom is 0.240 e. The molecule has 0 aromatic heterocycles. The number of thioether (sulfide) groups is 1. The molecule has 0 aliphatic heterocycles. The Kier molecular flexibility index (Phi) is 8.37. The van der Waals surface area contributed by atoms with Crippen LogP contribution in [0.4, 0.5) is 5.69 Å². The minimum absolute atomic E-state index is 0.127. The van der Waals surface area contributed by atoms with Crippen LogP contribution >= 0.6 is 23.4 Å². The lowest BCUT2D eigenvalue weighted by Gasteiger charge is -2.14. The molecule has 0 saturated heterocycles. The minimum atomic E-state index is -3.67. The Morgan fingerprint density at radius 2 is 1.89 bits per heavy atom. The van der Waals surface area contributed by atoms with Crippen molar-refractivity contribution in [1.82, 2.24) is 4.72 Å². The third-order valence-electron chi connectivity index (χ3n) is 4.14. The van der Waals surface area contributed by atoms with Gasteiger partial charge in [-0.15, -0.1) is 11.8 Å². The van der Waals surface area contributed by atoms with Crippen molar-refractivity contribution in [2.75, 3.05) is 18.1 Å². The maximum atomic E-state index is 12.6. The summed E-state index contributed by atoms with van der Waals surface area (Å²) in [4.78, 5) is 13.0. The lowest BCUT2D eigenvalue weighted by molar-refractivity contribution is -0.118. The van der Waals surface area contributed by atoms with Crippen LogP contribution in [0.25, 0.3) is 0 Å². The van der Waals surface area contributed by atoms with Gasteiger partial charge < -0.3 is 5.32 Å². The first-order valence-electron chi connectivity index (χ1n) is 8.96. The lowest BCUT2D eigenvalue weighted by Crippen LogP contribution is -2.25. The van der Waals surface area contributed by atoms with Gasteiger partial charge in [0.25, 0.3) is 0 Å². The van der Waals surface area contributed by atoms with Gasteiger partial charge in [-0.25, -0.2) is 13.1 Å². The van der Waals surface area contributed by atoms with Crippen molar-refractivity contribution in [3.63, 3.8) is 0 Å². The fourth-order valence-corrected chi connectivity index (χ4v) is 4.36. The summed E-state index contributed by atoms with van der Waals surface area (Å²) in [5.74, 6) is -0.351. The Hall–Kier alpha value is -1.54. The molecule has 5 nitrogen and oxygen atoms in total. The number of carbonyl (C=O) groups is 1. The van der Waals surface area contributed by atoms with Crippen molar-refractivity contribution >= 4 is 45.0 Å². The first kappa shape index (κ1) is 22.7. The van der Waals surface area contributed by atoms with E-state index in [2.05, 4.69) is 10.0 Å². The topological polar surface area (TPSA) is 75.3 Å². The zero-order valence-corrected chi connectivity index (χ0v) is 18.5. The summed E-state index contributed by atoms with van der Waals surface area (Å²) in [5.41, 5.74) is 1.50. The maximum absolute atomic E-state index is 12.6. The van der Waals surface area contributed by atoms with Crippen LogP contribution in [0.5, 0.6) is 0 Å². The largest absolute Gasteiger partial charge is 0.325 e. The molecule has 2 rings (SSSR count). The van der Waals surface area contributed by atoms with Gasteiger partial charge in [-0.1, -0.05) is 43.6 Å². The highest BCUT2D eigenvalue weighted by Gasteiger charge is 2.17. The third-order valence-corrected chi connectivity index (χ3v) is 6.76. The highest BCUT2D eigenvalue weighted by Crippen LogP contribution is 2.28. The summed E-state index contributed by atoms with van der Waals surface area (Å²) >= 11 is 7.57. The number of hydrogen-bond donors (Lipinski definition) is 2. The molecule has 0 unspecified atom stereocenters. The number of anilines is 1. The fourth-order valence-electron chi connectivity index (χ4n) is 2.50. The molecule has 0 atom stereocenters. The van der Waals surface area contributed by atoms with Gasteiger partial charge in [0.15, 0.2) is 0 Å². The molecule has 0 bridgehead atoms. The quantitative estimate of drug-likeness (QED) is 0.442. The SMILES string of the molecule is CSc1ccc(S(=O)(=O)NCCCc2ccccc2Cl)cc1NC(=O)C(C)C. The molecule has 0 saturated carbocycles. The summed E-state index contributed by atoms with van der Waals surface area (Å²) in [5, 5.41) is 3.49. The molecular formula is C20H25ClN2O3S2. The van der Waals surface area contributed by atoms with E-state index in [9.17, 15) is 13.2 Å². The van der Waals surface area contributed by atoms with Crippen molar-refractivity contribution in [3.8, 4) is 0 Å². The molecule has 1 amide bonds. The second kappa shape index (κ2) is 10.3. The van der Waals surface area contributed by atoms with E-state index >= 15 is 0 Å². The Labute approximate surface area is 176 Å². The van der Waals surface area contributed by atoms with Crippen LogP contribution in [0.15, 0.2) is 52.3 Å². The fraction of sp³-hybridized carbons (Fsp3) is 0.350. The number of halogens is 1. The Morgan fingerprint density at radius 1 is 1.18 bits per heavy atom. The zero-order valence-electron chi connectivity index (χ0n) is 16.2. The van der Waals surface area contributed by atoms with Crippen molar-refractivity contribution in [2.45, 2.75) is 36.5 Å². The van der Waals surface area contributed by atoms with Crippen LogP contribution in [0.1, 0.15) is 25.8 Å². The van der Waals surface area contributed by atoms with Gasteiger partial charge in [-0.2, -0.15) is 0 Å². The molecule has 0 spiro atoms. The molecule has 0 aliphatic carbocycles. The van der Waals surface area contributed by atoms with Crippen LogP contribution < -0.4 is 10.0 Å². The number of sulfonamides is 1. The summed E-state index contributed by atoms with van der Waals surface area (Å²) < 4.78 is 27.9. The second-order valence-electron chi connectivity index (χ2n) is 6.60. The van der Waals surface area contributed by atoms with Crippen molar-refractivity contribution in [2.24, 2.45) is 5.92 Å². The van der Waals surface area contributed by atoms with Crippen LogP contribution in [0.3, 0.4) is 0 Å². The van der Waals surface area contributed by atoms with Crippen molar-refractivity contribution < 1.29 is 13.2 Å². The van der Waals surface area contributed by atoms with Crippen LogP contribution in [-0.2, 0) is 21.2 Å². The van der Waals surface area contributed by atoms with E-state index in [1.807, 2.05) is 30.5 Å². The molecule has 2 aromatic carbocycles. The molecule has 0 fully saturated rings. The first-order chi connectivity index (χ1) is 13.2. The van der Waals surface area contributed by atoms with Crippen LogP contribution in [0, 0.1) is 5.92 Å². The number of carbonyl (C=O) groups excluding carboxylic acids is 1. The van der Waals surface area contributed by atoms with Crippen LogP contribution in [0.2, 0.25) is 5.02 Å². The van der Waals surface area contributed by atoms with Crippen LogP contribution in [-0.4, -0.2) is 27.1 Å². The molecule has 0 aliphatic rings. The summed E-state index contributed by atoms with van der Waals surface area (Å²) in [7, 11) is -3.67. The predicted octanol–water partition coefficient (Wildman–Crippen LogP) is 4.57. The minimum Gasteiger partial charge on any atom is -0.325 e. The first-order valence-corrected chi connectivity index (χ1v) is 12.0. The summed E-state index contributed by atoms with van der Waals surface area (Å²) in [6.07, 6.45) is 3.19. The Morgan fingerprint density at radius 3 is 2.54 bits per heavy atom. The number of hydrogen-bond acceptors (Lipinski definition) is 4. The van der Waals surface area contributed by atoms with Crippen molar-refractivity contribution in [1.29, 1.82) is 0 Å². The van der Waals surface area contributed by atoms with E-state index < -0.39 is 10.0 Å². The highest BCUT2D eigenvalue weighted by molar-refractivity contribution is 7.98. The van der Waals surface area contributed by atoms with E-state index in [1.165, 1.54) is 17.8 Å². The van der Waals surface area contributed by atoms with Gasteiger partial charge >= 0.3 is 0 Å². The van der Waals surface area contributed by atoms with E-state index in [0.29, 0.717) is 30.1 Å². The summed E-state index contributed by atoms with van der Waals surface area (Å²) in [6.45, 7) is 3.87. The van der Waals surface area contributed by atoms with Gasteiger partial charge in [-0.05, 0) is 48.9 Å². The number of nitrogens with one attached hydrogen (secondary N) is 2. The molecule has 0 radical (unpaired) electrons. The summed E-state index contributed by atoms with van der Waals surface area (Å²) in [6, 6.07) is 12.3. The van der Waals surface area contributed by atoms with E-state index in [1.54, 1.807) is 26.0 Å². The molecule has 2 aromatic rings. The molecule has 28 heavy (non-hydrogen) atoms. The second-order valence-corrected chi connectivity index (χ2v) is 9.62. The van der Waals surface area contributed by atoms with E-state index in [-0.39, 0.29) is 16.7 Å². The van der Waals surface area contributed by atoms with Gasteiger partial charge in [0.05, 0.1) is 10.6 Å². The van der Waals surface area contributed by atoms with E-state index in [4.69, 9.17) is 11.6 Å². The lowest BCUT2D eigenvalue weighted by atomic mass is 10.1.